The number of pyridine rings is 1. The van der Waals surface area contributed by atoms with Crippen LogP contribution in [-0.2, 0) is 11.3 Å². The average Bonchev–Trinajstić information content (AvgIpc) is 2.66. The molecule has 2 aliphatic heterocycles. The van der Waals surface area contributed by atoms with E-state index >= 15 is 0 Å². The Morgan fingerprint density at radius 3 is 2.77 bits per heavy atom. The summed E-state index contributed by atoms with van der Waals surface area (Å²) in [5.41, 5.74) is 2.86. The Hall–Kier alpha value is -2.69. The third kappa shape index (κ3) is 3.47. The number of piperidine rings is 1. The van der Waals surface area contributed by atoms with E-state index in [2.05, 4.69) is 11.1 Å². The number of carbonyl (C=O) groups excluding carboxylic acids is 1. The Kier molecular flexibility index (Phi) is 4.69. The van der Waals surface area contributed by atoms with Crippen molar-refractivity contribution in [3.05, 3.63) is 71.8 Å². The molecule has 26 heavy (non-hydrogen) atoms. The minimum Gasteiger partial charge on any atom is -0.445 e. The lowest BCUT2D eigenvalue weighted by atomic mass is 9.84. The van der Waals surface area contributed by atoms with Gasteiger partial charge in [0.1, 0.15) is 12.4 Å². The summed E-state index contributed by atoms with van der Waals surface area (Å²) < 4.78 is 18.7. The maximum absolute atomic E-state index is 13.1. The minimum absolute atomic E-state index is 0.0210. The molecule has 1 aromatic heterocycles. The van der Waals surface area contributed by atoms with E-state index in [0.29, 0.717) is 0 Å². The molecule has 2 bridgehead atoms. The number of ether oxygens (including phenoxy) is 1. The van der Waals surface area contributed by atoms with Crippen LogP contribution in [0.2, 0.25) is 0 Å². The fourth-order valence-electron chi connectivity index (χ4n) is 3.86. The van der Waals surface area contributed by atoms with Crippen LogP contribution in [0.4, 0.5) is 9.18 Å². The van der Waals surface area contributed by atoms with Gasteiger partial charge in [-0.2, -0.15) is 0 Å². The van der Waals surface area contributed by atoms with Gasteiger partial charge in [-0.1, -0.05) is 36.4 Å². The maximum Gasteiger partial charge on any atom is 0.410 e. The summed E-state index contributed by atoms with van der Waals surface area (Å²) in [6, 6.07) is 13.0. The molecule has 4 rings (SSSR count). The van der Waals surface area contributed by atoms with E-state index in [9.17, 15) is 9.18 Å². The van der Waals surface area contributed by atoms with E-state index < -0.39 is 0 Å². The summed E-state index contributed by atoms with van der Waals surface area (Å²) >= 11 is 0. The fraction of sp³-hybridized carbons (Fsp3) is 0.333. The molecule has 1 fully saturated rings. The maximum atomic E-state index is 13.1. The molecule has 134 valence electrons. The molecule has 4 nitrogen and oxygen atoms in total. The van der Waals surface area contributed by atoms with E-state index in [-0.39, 0.29) is 30.6 Å². The SMILES string of the molecule is O=C(OCc1ccccc1)N1C2C=C(c3ccc(F)cn3)CC1CCC2. The summed E-state index contributed by atoms with van der Waals surface area (Å²) in [4.78, 5) is 18.8. The standard InChI is InChI=1S/C21H21FN2O2/c22-17-9-10-20(23-13-17)16-11-18-7-4-8-19(12-16)24(18)21(25)26-14-15-5-2-1-3-6-15/h1-3,5-6,9-11,13,18-19H,4,7-8,12,14H2. The van der Waals surface area contributed by atoms with E-state index in [1.807, 2.05) is 35.2 Å². The first-order valence-corrected chi connectivity index (χ1v) is 9.02. The highest BCUT2D eigenvalue weighted by Crippen LogP contribution is 2.37. The number of halogens is 1. The molecule has 0 aliphatic carbocycles. The molecule has 0 N–H and O–H groups in total. The Labute approximate surface area is 152 Å². The van der Waals surface area contributed by atoms with Gasteiger partial charge in [-0.25, -0.2) is 9.18 Å². The van der Waals surface area contributed by atoms with Crippen molar-refractivity contribution in [1.82, 2.24) is 9.88 Å². The van der Waals surface area contributed by atoms with Crippen LogP contribution in [0, 0.1) is 5.82 Å². The second-order valence-electron chi connectivity index (χ2n) is 6.86. The van der Waals surface area contributed by atoms with Crippen molar-refractivity contribution in [1.29, 1.82) is 0 Å². The van der Waals surface area contributed by atoms with Crippen LogP contribution in [0.1, 0.15) is 36.9 Å². The van der Waals surface area contributed by atoms with Crippen molar-refractivity contribution < 1.29 is 13.9 Å². The monoisotopic (exact) mass is 352 g/mol. The number of amides is 1. The van der Waals surface area contributed by atoms with E-state index in [1.165, 1.54) is 12.3 Å². The number of fused-ring (bicyclic) bond motifs is 2. The van der Waals surface area contributed by atoms with Gasteiger partial charge in [0.2, 0.25) is 0 Å². The van der Waals surface area contributed by atoms with Gasteiger partial charge in [-0.15, -0.1) is 0 Å². The first kappa shape index (κ1) is 16.8. The van der Waals surface area contributed by atoms with Crippen LogP contribution in [-0.4, -0.2) is 28.1 Å². The molecular formula is C21H21FN2O2. The van der Waals surface area contributed by atoms with E-state index in [0.717, 1.165) is 42.5 Å². The molecule has 1 aromatic carbocycles. The van der Waals surface area contributed by atoms with Gasteiger partial charge in [0.25, 0.3) is 0 Å². The quantitative estimate of drug-likeness (QED) is 0.813. The van der Waals surface area contributed by atoms with Crippen LogP contribution >= 0.6 is 0 Å². The molecule has 5 heteroatoms. The highest BCUT2D eigenvalue weighted by molar-refractivity contribution is 5.73. The van der Waals surface area contributed by atoms with Crippen molar-refractivity contribution in [2.24, 2.45) is 0 Å². The largest absolute Gasteiger partial charge is 0.445 e. The zero-order chi connectivity index (χ0) is 17.9. The first-order chi connectivity index (χ1) is 12.7. The predicted octanol–water partition coefficient (Wildman–Crippen LogP) is 4.57. The van der Waals surface area contributed by atoms with Crippen molar-refractivity contribution in [3.63, 3.8) is 0 Å². The number of hydrogen-bond acceptors (Lipinski definition) is 3. The van der Waals surface area contributed by atoms with Crippen molar-refractivity contribution in [2.45, 2.75) is 44.4 Å². The summed E-state index contributed by atoms with van der Waals surface area (Å²) in [5.74, 6) is -0.337. The van der Waals surface area contributed by atoms with Crippen LogP contribution in [0.25, 0.3) is 5.57 Å². The van der Waals surface area contributed by atoms with Gasteiger partial charge in [0.05, 0.1) is 17.9 Å². The Morgan fingerprint density at radius 2 is 2.04 bits per heavy atom. The first-order valence-electron chi connectivity index (χ1n) is 9.02. The number of benzene rings is 1. The Bertz CT molecular complexity index is 805. The molecule has 1 amide bonds. The zero-order valence-corrected chi connectivity index (χ0v) is 14.5. The topological polar surface area (TPSA) is 42.4 Å². The van der Waals surface area contributed by atoms with E-state index in [1.54, 1.807) is 6.07 Å². The summed E-state index contributed by atoms with van der Waals surface area (Å²) in [7, 11) is 0. The number of nitrogens with zero attached hydrogens (tertiary/aromatic N) is 2. The molecule has 1 saturated heterocycles. The Morgan fingerprint density at radius 1 is 1.19 bits per heavy atom. The van der Waals surface area contributed by atoms with Crippen molar-refractivity contribution in [3.8, 4) is 0 Å². The third-order valence-corrected chi connectivity index (χ3v) is 5.11. The van der Waals surface area contributed by atoms with Gasteiger partial charge in [-0.3, -0.25) is 9.88 Å². The number of rotatable bonds is 3. The van der Waals surface area contributed by atoms with Gasteiger partial charge in [0.15, 0.2) is 0 Å². The lowest BCUT2D eigenvalue weighted by Gasteiger charge is -2.44. The van der Waals surface area contributed by atoms with Crippen LogP contribution in [0.15, 0.2) is 54.7 Å². The van der Waals surface area contributed by atoms with Crippen LogP contribution < -0.4 is 0 Å². The third-order valence-electron chi connectivity index (χ3n) is 5.11. The fourth-order valence-corrected chi connectivity index (χ4v) is 3.86. The second kappa shape index (κ2) is 7.28. The zero-order valence-electron chi connectivity index (χ0n) is 14.5. The van der Waals surface area contributed by atoms with Gasteiger partial charge < -0.3 is 4.74 Å². The molecule has 3 heterocycles. The molecular weight excluding hydrogens is 331 g/mol. The van der Waals surface area contributed by atoms with Gasteiger partial charge in [-0.05, 0) is 49.0 Å². The molecule has 2 atom stereocenters. The molecule has 2 aromatic rings. The van der Waals surface area contributed by atoms with Gasteiger partial charge >= 0.3 is 6.09 Å². The van der Waals surface area contributed by atoms with Gasteiger partial charge in [0, 0.05) is 6.04 Å². The summed E-state index contributed by atoms with van der Waals surface area (Å²) in [6.45, 7) is 0.283. The lowest BCUT2D eigenvalue weighted by molar-refractivity contribution is 0.0510. The van der Waals surface area contributed by atoms with E-state index in [4.69, 9.17) is 4.74 Å². The smallest absolute Gasteiger partial charge is 0.410 e. The van der Waals surface area contributed by atoms with Crippen LogP contribution in [0.3, 0.4) is 0 Å². The molecule has 0 saturated carbocycles. The number of hydrogen-bond donors (Lipinski definition) is 0. The summed E-state index contributed by atoms with van der Waals surface area (Å²) in [5, 5.41) is 0. The molecule has 0 spiro atoms. The second-order valence-corrected chi connectivity index (χ2v) is 6.86. The highest BCUT2D eigenvalue weighted by atomic mass is 19.1. The number of carbonyl (C=O) groups is 1. The average molecular weight is 352 g/mol. The highest BCUT2D eigenvalue weighted by Gasteiger charge is 2.38. The Balaban J connectivity index is 1.49. The van der Waals surface area contributed by atoms with Crippen molar-refractivity contribution in [2.75, 3.05) is 0 Å². The summed E-state index contributed by atoms with van der Waals surface area (Å²) in [6.07, 6.45) is 6.78. The molecule has 2 unspecified atom stereocenters. The number of aromatic nitrogens is 1. The normalized spacial score (nSPS) is 21.9. The molecule has 0 radical (unpaired) electrons. The minimum atomic E-state index is -0.337. The molecule has 2 aliphatic rings. The predicted molar refractivity (Wildman–Crippen MR) is 96.7 cm³/mol. The van der Waals surface area contributed by atoms with Crippen molar-refractivity contribution >= 4 is 11.7 Å². The van der Waals surface area contributed by atoms with Crippen LogP contribution in [0.5, 0.6) is 0 Å². The lowest BCUT2D eigenvalue weighted by Crippen LogP contribution is -2.51.